The van der Waals surface area contributed by atoms with Gasteiger partial charge in [0.15, 0.2) is 0 Å². The Kier molecular flexibility index (Phi) is 5.71. The fourth-order valence-corrected chi connectivity index (χ4v) is 5.28. The monoisotopic (exact) mass is 514 g/mol. The summed E-state index contributed by atoms with van der Waals surface area (Å²) in [5, 5.41) is 7.13. The van der Waals surface area contributed by atoms with Crippen LogP contribution in [0.25, 0.3) is 16.5 Å². The highest BCUT2D eigenvalue weighted by molar-refractivity contribution is 6.30. The Morgan fingerprint density at radius 1 is 1.00 bits per heavy atom. The van der Waals surface area contributed by atoms with Gasteiger partial charge in [-0.1, -0.05) is 41.9 Å². The molecule has 0 unspecified atom stereocenters. The molecule has 2 amide bonds. The second kappa shape index (κ2) is 8.95. The van der Waals surface area contributed by atoms with Crippen LogP contribution < -0.4 is 0 Å². The molecule has 4 aromatic rings. The summed E-state index contributed by atoms with van der Waals surface area (Å²) in [6.45, 7) is 5.10. The van der Waals surface area contributed by atoms with Crippen molar-refractivity contribution >= 4 is 34.2 Å². The third-order valence-electron chi connectivity index (χ3n) is 7.14. The van der Waals surface area contributed by atoms with Crippen LogP contribution in [0.15, 0.2) is 60.9 Å². The maximum absolute atomic E-state index is 13.6. The molecule has 188 valence electrons. The summed E-state index contributed by atoms with van der Waals surface area (Å²) in [6.07, 6.45) is 3.74. The van der Waals surface area contributed by atoms with E-state index >= 15 is 0 Å². The summed E-state index contributed by atoms with van der Waals surface area (Å²) in [4.78, 5) is 39.6. The van der Waals surface area contributed by atoms with Gasteiger partial charge in [0.2, 0.25) is 5.82 Å². The van der Waals surface area contributed by atoms with Crippen molar-refractivity contribution in [2.45, 2.75) is 38.1 Å². The van der Waals surface area contributed by atoms with E-state index < -0.39 is 5.54 Å². The molecule has 1 saturated heterocycles. The fraction of sp³-hybridized carbons (Fsp3) is 0.321. The molecule has 0 N–H and O–H groups in total. The van der Waals surface area contributed by atoms with Gasteiger partial charge in [-0.3, -0.25) is 9.59 Å². The number of rotatable bonds is 4. The molecule has 2 fully saturated rings. The first-order chi connectivity index (χ1) is 17.8. The first kappa shape index (κ1) is 23.6. The number of pyridine rings is 1. The summed E-state index contributed by atoms with van der Waals surface area (Å²) in [5.41, 5.74) is 1.61. The molecule has 8 nitrogen and oxygen atoms in total. The minimum absolute atomic E-state index is 0.101. The van der Waals surface area contributed by atoms with Crippen LogP contribution in [0.1, 0.15) is 59.4 Å². The van der Waals surface area contributed by atoms with Gasteiger partial charge in [-0.2, -0.15) is 0 Å². The number of fused-ring (bicyclic) bond motifs is 1. The lowest BCUT2D eigenvalue weighted by Gasteiger charge is -2.46. The first-order valence-electron chi connectivity index (χ1n) is 12.5. The molecular formula is C28H27ClN6O2. The number of nitrogens with zero attached hydrogens (tertiary/aromatic N) is 6. The molecule has 1 aliphatic carbocycles. The van der Waals surface area contributed by atoms with Gasteiger partial charge < -0.3 is 9.80 Å². The first-order valence-corrected chi connectivity index (χ1v) is 12.9. The zero-order valence-electron chi connectivity index (χ0n) is 20.8. The summed E-state index contributed by atoms with van der Waals surface area (Å²) in [6, 6.07) is 17.2. The van der Waals surface area contributed by atoms with Crippen LogP contribution in [0.4, 0.5) is 0 Å². The number of benzene rings is 2. The van der Waals surface area contributed by atoms with Crippen molar-refractivity contribution in [2.24, 2.45) is 0 Å². The fourth-order valence-electron chi connectivity index (χ4n) is 5.09. The Balaban J connectivity index is 1.21. The maximum atomic E-state index is 13.6. The molecule has 1 saturated carbocycles. The van der Waals surface area contributed by atoms with Gasteiger partial charge in [0.05, 0.1) is 16.9 Å². The lowest BCUT2D eigenvalue weighted by molar-refractivity contribution is 0.0158. The van der Waals surface area contributed by atoms with Crippen LogP contribution in [0, 0.1) is 0 Å². The van der Waals surface area contributed by atoms with Crippen LogP contribution in [0.3, 0.4) is 0 Å². The van der Waals surface area contributed by atoms with Crippen molar-refractivity contribution in [3.63, 3.8) is 0 Å². The summed E-state index contributed by atoms with van der Waals surface area (Å²) >= 11 is 6.09. The molecule has 0 spiro atoms. The Bertz CT molecular complexity index is 1530. The van der Waals surface area contributed by atoms with E-state index in [1.54, 1.807) is 21.9 Å². The Hall–Kier alpha value is -3.78. The van der Waals surface area contributed by atoms with Crippen molar-refractivity contribution in [3.8, 4) is 5.69 Å². The van der Waals surface area contributed by atoms with E-state index in [1.807, 2.05) is 50.2 Å². The summed E-state index contributed by atoms with van der Waals surface area (Å²) in [7, 11) is 0. The maximum Gasteiger partial charge on any atom is 0.294 e. The van der Waals surface area contributed by atoms with E-state index in [-0.39, 0.29) is 17.6 Å². The Morgan fingerprint density at radius 3 is 2.57 bits per heavy atom. The molecule has 3 heterocycles. The number of carbonyl (C=O) groups is 2. The molecule has 0 atom stereocenters. The minimum Gasteiger partial charge on any atom is -0.333 e. The summed E-state index contributed by atoms with van der Waals surface area (Å²) in [5.74, 6) is 0.176. The van der Waals surface area contributed by atoms with Gasteiger partial charge in [0.25, 0.3) is 11.8 Å². The summed E-state index contributed by atoms with van der Waals surface area (Å²) < 4.78 is 1.54. The highest BCUT2D eigenvalue weighted by Gasteiger charge is 2.40. The third kappa shape index (κ3) is 4.46. The smallest absolute Gasteiger partial charge is 0.294 e. The molecule has 6 rings (SSSR count). The number of amides is 2. The molecule has 37 heavy (non-hydrogen) atoms. The SMILES string of the molecule is CC1(C)CN(C(=O)c2cc3ccccc3c(C3CC3)n2)CCN1C(=O)c1ncn(-c2cccc(Cl)c2)n1. The van der Waals surface area contributed by atoms with Crippen LogP contribution >= 0.6 is 11.6 Å². The molecule has 2 aliphatic rings. The van der Waals surface area contributed by atoms with Crippen molar-refractivity contribution in [3.05, 3.63) is 83.2 Å². The lowest BCUT2D eigenvalue weighted by Crippen LogP contribution is -2.62. The molecule has 9 heteroatoms. The van der Waals surface area contributed by atoms with E-state index in [1.165, 1.54) is 11.0 Å². The van der Waals surface area contributed by atoms with Gasteiger partial charge >= 0.3 is 0 Å². The number of carbonyl (C=O) groups excluding carboxylic acids is 2. The zero-order valence-corrected chi connectivity index (χ0v) is 21.5. The topological polar surface area (TPSA) is 84.2 Å². The van der Waals surface area contributed by atoms with Gasteiger partial charge in [-0.15, -0.1) is 5.10 Å². The number of hydrogen-bond donors (Lipinski definition) is 0. The molecule has 0 radical (unpaired) electrons. The largest absolute Gasteiger partial charge is 0.333 e. The van der Waals surface area contributed by atoms with E-state index in [9.17, 15) is 9.59 Å². The van der Waals surface area contributed by atoms with Gasteiger partial charge in [-0.25, -0.2) is 14.6 Å². The highest BCUT2D eigenvalue weighted by atomic mass is 35.5. The average Bonchev–Trinajstić information content (AvgIpc) is 3.62. The minimum atomic E-state index is -0.608. The Labute approximate surface area is 219 Å². The molecule has 2 aromatic heterocycles. The van der Waals surface area contributed by atoms with Gasteiger partial charge in [-0.05, 0) is 56.3 Å². The van der Waals surface area contributed by atoms with Crippen molar-refractivity contribution in [1.82, 2.24) is 29.5 Å². The predicted octanol–water partition coefficient (Wildman–Crippen LogP) is 4.72. The van der Waals surface area contributed by atoms with E-state index in [2.05, 4.69) is 16.1 Å². The van der Waals surface area contributed by atoms with E-state index in [4.69, 9.17) is 16.6 Å². The molecule has 1 aliphatic heterocycles. The number of hydrogen-bond acceptors (Lipinski definition) is 5. The average molecular weight is 515 g/mol. The number of piperazine rings is 1. The molecule has 2 aromatic carbocycles. The third-order valence-corrected chi connectivity index (χ3v) is 7.38. The normalized spacial score (nSPS) is 17.3. The number of aromatic nitrogens is 4. The molecule has 0 bridgehead atoms. The van der Waals surface area contributed by atoms with Crippen LogP contribution in [-0.4, -0.2) is 66.5 Å². The van der Waals surface area contributed by atoms with Crippen LogP contribution in [-0.2, 0) is 0 Å². The van der Waals surface area contributed by atoms with Crippen molar-refractivity contribution in [2.75, 3.05) is 19.6 Å². The molecular weight excluding hydrogens is 488 g/mol. The van der Waals surface area contributed by atoms with Crippen LogP contribution in [0.2, 0.25) is 5.02 Å². The van der Waals surface area contributed by atoms with E-state index in [0.29, 0.717) is 36.3 Å². The van der Waals surface area contributed by atoms with Crippen molar-refractivity contribution < 1.29 is 9.59 Å². The van der Waals surface area contributed by atoms with Gasteiger partial charge in [0, 0.05) is 36.0 Å². The lowest BCUT2D eigenvalue weighted by atomic mass is 9.97. The second-order valence-electron chi connectivity index (χ2n) is 10.4. The Morgan fingerprint density at radius 2 is 1.81 bits per heavy atom. The van der Waals surface area contributed by atoms with E-state index in [0.717, 1.165) is 35.0 Å². The van der Waals surface area contributed by atoms with Crippen molar-refractivity contribution in [1.29, 1.82) is 0 Å². The van der Waals surface area contributed by atoms with Gasteiger partial charge in [0.1, 0.15) is 12.0 Å². The zero-order chi connectivity index (χ0) is 25.7. The number of halogens is 1. The predicted molar refractivity (Wildman–Crippen MR) is 141 cm³/mol. The van der Waals surface area contributed by atoms with Crippen LogP contribution in [0.5, 0.6) is 0 Å². The second-order valence-corrected chi connectivity index (χ2v) is 10.8. The standard InChI is InChI=1S/C28H27ClN6O2/c1-28(2)16-33(26(36)23-14-19-6-3-4-9-22(19)24(31-23)18-10-11-18)12-13-34(28)27(37)25-30-17-35(32-25)21-8-5-7-20(29)15-21/h3-9,14-15,17-18H,10-13,16H2,1-2H3. The quantitative estimate of drug-likeness (QED) is 0.393. The highest BCUT2D eigenvalue weighted by Crippen LogP contribution is 2.42.